The van der Waals surface area contributed by atoms with E-state index in [2.05, 4.69) is 9.72 Å². The van der Waals surface area contributed by atoms with Gasteiger partial charge in [0.2, 0.25) is 0 Å². The van der Waals surface area contributed by atoms with Crippen molar-refractivity contribution in [2.75, 3.05) is 6.61 Å². The zero-order chi connectivity index (χ0) is 13.7. The molecule has 0 unspecified atom stereocenters. The minimum Gasteiger partial charge on any atom is -0.466 e. The van der Waals surface area contributed by atoms with Gasteiger partial charge in [-0.1, -0.05) is 11.6 Å². The van der Waals surface area contributed by atoms with E-state index in [1.54, 1.807) is 6.92 Å². The van der Waals surface area contributed by atoms with E-state index in [4.69, 9.17) is 11.6 Å². The number of pyridine rings is 1. The molecule has 0 fully saturated rings. The average molecular weight is 273 g/mol. The van der Waals surface area contributed by atoms with E-state index in [1.807, 2.05) is 0 Å². The van der Waals surface area contributed by atoms with Gasteiger partial charge in [-0.3, -0.25) is 19.7 Å². The lowest BCUT2D eigenvalue weighted by Crippen LogP contribution is -2.14. The number of carbonyl (C=O) groups excluding carboxylic acids is 2. The van der Waals surface area contributed by atoms with Crippen LogP contribution in [0.5, 0.6) is 0 Å². The summed E-state index contributed by atoms with van der Waals surface area (Å²) in [6.45, 7) is 1.71. The van der Waals surface area contributed by atoms with Gasteiger partial charge in [-0.2, -0.15) is 0 Å². The fourth-order valence-corrected chi connectivity index (χ4v) is 1.35. The van der Waals surface area contributed by atoms with Crippen LogP contribution < -0.4 is 0 Å². The Bertz CT molecular complexity index is 503. The predicted molar refractivity (Wildman–Crippen MR) is 61.5 cm³/mol. The first-order chi connectivity index (χ1) is 8.45. The molecule has 0 aromatic carbocycles. The Balaban J connectivity index is 3.00. The van der Waals surface area contributed by atoms with Gasteiger partial charge in [0.15, 0.2) is 11.5 Å². The molecule has 0 amide bonds. The first kappa shape index (κ1) is 14.0. The van der Waals surface area contributed by atoms with E-state index in [0.29, 0.717) is 0 Å². The van der Waals surface area contributed by atoms with Gasteiger partial charge in [0.1, 0.15) is 11.6 Å². The molecular weight excluding hydrogens is 264 g/mol. The van der Waals surface area contributed by atoms with Crippen molar-refractivity contribution in [2.24, 2.45) is 0 Å². The summed E-state index contributed by atoms with van der Waals surface area (Å²) in [5.41, 5.74) is -0.936. The lowest BCUT2D eigenvalue weighted by molar-refractivity contribution is -0.385. The molecule has 0 bridgehead atoms. The van der Waals surface area contributed by atoms with Gasteiger partial charge in [-0.15, -0.1) is 0 Å². The summed E-state index contributed by atoms with van der Waals surface area (Å²) in [4.78, 5) is 36.3. The van der Waals surface area contributed by atoms with E-state index in [1.165, 1.54) is 6.07 Å². The number of hydrogen-bond donors (Lipinski definition) is 0. The number of aromatic nitrogens is 1. The zero-order valence-corrected chi connectivity index (χ0v) is 10.1. The van der Waals surface area contributed by atoms with Crippen molar-refractivity contribution in [2.45, 2.75) is 13.3 Å². The number of ketones is 1. The second kappa shape index (κ2) is 6.06. The highest BCUT2D eigenvalue weighted by molar-refractivity contribution is 6.29. The second-order valence-electron chi connectivity index (χ2n) is 3.16. The Morgan fingerprint density at radius 2 is 2.17 bits per heavy atom. The molecule has 0 aliphatic heterocycles. The molecule has 1 aromatic heterocycles. The molecule has 0 radical (unpaired) electrons. The van der Waals surface area contributed by atoms with Crippen LogP contribution in [0.15, 0.2) is 12.1 Å². The summed E-state index contributed by atoms with van der Waals surface area (Å²) in [6.07, 6.45) is -0.609. The highest BCUT2D eigenvalue weighted by Crippen LogP contribution is 2.20. The summed E-state index contributed by atoms with van der Waals surface area (Å²) < 4.78 is 4.57. The molecule has 1 heterocycles. The molecule has 96 valence electrons. The van der Waals surface area contributed by atoms with Crippen LogP contribution in [0.3, 0.4) is 0 Å². The molecule has 7 nitrogen and oxygen atoms in total. The van der Waals surface area contributed by atoms with E-state index >= 15 is 0 Å². The first-order valence-corrected chi connectivity index (χ1v) is 5.33. The summed E-state index contributed by atoms with van der Waals surface area (Å²) in [5, 5.41) is 10.6. The number of hydrogen-bond acceptors (Lipinski definition) is 6. The maximum Gasteiger partial charge on any atom is 0.313 e. The molecule has 8 heteroatoms. The molecule has 0 atom stereocenters. The maximum absolute atomic E-state index is 11.7. The minimum atomic E-state index is -0.803. The largest absolute Gasteiger partial charge is 0.466 e. The molecule has 1 rings (SSSR count). The average Bonchev–Trinajstić information content (AvgIpc) is 2.28. The van der Waals surface area contributed by atoms with Crippen molar-refractivity contribution in [3.8, 4) is 0 Å². The van der Waals surface area contributed by atoms with Crippen molar-refractivity contribution in [3.63, 3.8) is 0 Å². The SMILES string of the molecule is CCOC(=O)CC(=O)c1nc(Cl)ccc1[N+](=O)[O-]. The monoisotopic (exact) mass is 272 g/mol. The molecule has 0 aliphatic carbocycles. The third-order valence-corrected chi connectivity index (χ3v) is 2.12. The summed E-state index contributed by atoms with van der Waals surface area (Å²) in [6, 6.07) is 2.26. The highest BCUT2D eigenvalue weighted by Gasteiger charge is 2.24. The molecule has 0 N–H and O–H groups in total. The van der Waals surface area contributed by atoms with Crippen molar-refractivity contribution < 1.29 is 19.2 Å². The van der Waals surface area contributed by atoms with Gasteiger partial charge in [0, 0.05) is 6.07 Å². The van der Waals surface area contributed by atoms with Crippen LogP contribution >= 0.6 is 11.6 Å². The number of rotatable bonds is 5. The highest BCUT2D eigenvalue weighted by atomic mass is 35.5. The molecular formula is C10H9ClN2O5. The number of esters is 1. The normalized spacial score (nSPS) is 9.89. The van der Waals surface area contributed by atoms with Crippen molar-refractivity contribution in [1.82, 2.24) is 4.98 Å². The Morgan fingerprint density at radius 1 is 1.50 bits per heavy atom. The van der Waals surface area contributed by atoms with Crippen LogP contribution in [-0.4, -0.2) is 28.3 Å². The van der Waals surface area contributed by atoms with Crippen molar-refractivity contribution in [3.05, 3.63) is 33.1 Å². The van der Waals surface area contributed by atoms with Crippen LogP contribution in [0.4, 0.5) is 5.69 Å². The predicted octanol–water partition coefficient (Wildman–Crippen LogP) is 1.78. The molecule has 18 heavy (non-hydrogen) atoms. The Kier molecular flexibility index (Phi) is 4.73. The van der Waals surface area contributed by atoms with Crippen LogP contribution in [0, 0.1) is 10.1 Å². The number of Topliss-reactive ketones (excluding diaryl/α,β-unsaturated/α-hetero) is 1. The van der Waals surface area contributed by atoms with E-state index in [0.717, 1.165) is 6.07 Å². The molecule has 0 saturated heterocycles. The fraction of sp³-hybridized carbons (Fsp3) is 0.300. The summed E-state index contributed by atoms with van der Waals surface area (Å²) in [5.74, 6) is -1.57. The summed E-state index contributed by atoms with van der Waals surface area (Å²) >= 11 is 5.56. The number of nitro groups is 1. The van der Waals surface area contributed by atoms with Gasteiger partial charge in [-0.05, 0) is 13.0 Å². The van der Waals surface area contributed by atoms with E-state index in [9.17, 15) is 19.7 Å². The molecule has 0 spiro atoms. The zero-order valence-electron chi connectivity index (χ0n) is 9.38. The van der Waals surface area contributed by atoms with E-state index in [-0.39, 0.29) is 11.8 Å². The van der Waals surface area contributed by atoms with Gasteiger partial charge >= 0.3 is 5.97 Å². The van der Waals surface area contributed by atoms with Crippen molar-refractivity contribution in [1.29, 1.82) is 0 Å². The number of nitrogens with zero attached hydrogens (tertiary/aromatic N) is 2. The van der Waals surface area contributed by atoms with Gasteiger partial charge in [-0.25, -0.2) is 4.98 Å². The minimum absolute atomic E-state index is 0.0622. The third kappa shape index (κ3) is 3.49. The van der Waals surface area contributed by atoms with Crippen molar-refractivity contribution >= 4 is 29.0 Å². The number of carbonyl (C=O) groups is 2. The second-order valence-corrected chi connectivity index (χ2v) is 3.55. The topological polar surface area (TPSA) is 99.4 Å². The van der Waals surface area contributed by atoms with Crippen LogP contribution in [0.1, 0.15) is 23.8 Å². The van der Waals surface area contributed by atoms with Gasteiger partial charge < -0.3 is 4.74 Å². The fourth-order valence-electron chi connectivity index (χ4n) is 1.21. The Hall–Kier alpha value is -2.02. The smallest absolute Gasteiger partial charge is 0.313 e. The number of ether oxygens (including phenoxy) is 1. The first-order valence-electron chi connectivity index (χ1n) is 4.95. The summed E-state index contributed by atoms with van der Waals surface area (Å²) in [7, 11) is 0. The van der Waals surface area contributed by atoms with E-state index < -0.39 is 34.5 Å². The van der Waals surface area contributed by atoms with Gasteiger partial charge in [0.25, 0.3) is 5.69 Å². The van der Waals surface area contributed by atoms with Crippen LogP contribution in [-0.2, 0) is 9.53 Å². The van der Waals surface area contributed by atoms with Gasteiger partial charge in [0.05, 0.1) is 11.5 Å². The Morgan fingerprint density at radius 3 is 2.72 bits per heavy atom. The quantitative estimate of drug-likeness (QED) is 0.202. The number of halogens is 1. The maximum atomic E-state index is 11.7. The lowest BCUT2D eigenvalue weighted by Gasteiger charge is -2.02. The Labute approximate surface area is 107 Å². The molecule has 1 aromatic rings. The third-order valence-electron chi connectivity index (χ3n) is 1.91. The molecule has 0 aliphatic rings. The molecule has 0 saturated carbocycles. The van der Waals surface area contributed by atoms with Crippen LogP contribution in [0.25, 0.3) is 0 Å². The standard InChI is InChI=1S/C10H9ClN2O5/c1-2-18-9(15)5-7(14)10-6(13(16)17)3-4-8(11)12-10/h3-4H,2,5H2,1H3. The lowest BCUT2D eigenvalue weighted by atomic mass is 10.1. The van der Waals surface area contributed by atoms with Crippen LogP contribution in [0.2, 0.25) is 5.15 Å².